The maximum Gasteiger partial charge on any atom is 0.121 e. The van der Waals surface area contributed by atoms with Gasteiger partial charge in [-0.05, 0) is 68.4 Å². The summed E-state index contributed by atoms with van der Waals surface area (Å²) in [6.45, 7) is 0. The van der Waals surface area contributed by atoms with Crippen molar-refractivity contribution < 1.29 is 5.11 Å². The number of phenols is 1. The monoisotopic (exact) mass is 326 g/mol. The molecule has 3 rings (SSSR count). The molecule has 0 aromatic heterocycles. The van der Waals surface area contributed by atoms with E-state index in [1.165, 1.54) is 77.0 Å². The number of fused-ring (bicyclic) bond motifs is 3. The van der Waals surface area contributed by atoms with E-state index in [1.807, 2.05) is 0 Å². The quantitative estimate of drug-likeness (QED) is 0.524. The Morgan fingerprint density at radius 1 is 0.750 bits per heavy atom. The van der Waals surface area contributed by atoms with Crippen molar-refractivity contribution >= 4 is 0 Å². The average molecular weight is 327 g/mol. The first-order chi connectivity index (χ1) is 11.8. The van der Waals surface area contributed by atoms with Gasteiger partial charge in [-0.1, -0.05) is 68.4 Å². The van der Waals surface area contributed by atoms with Crippen LogP contribution in [-0.2, 0) is 12.8 Å². The fourth-order valence-electron chi connectivity index (χ4n) is 4.15. The van der Waals surface area contributed by atoms with Crippen LogP contribution >= 0.6 is 0 Å². The largest absolute Gasteiger partial charge is 0.507 e. The zero-order chi connectivity index (χ0) is 16.6. The standard InChI is InChI=1S/C23H34O/c24-23-19-12-7-3-1-5-9-14-21-18-22(21)15-10-6-2-4-8-13-20(23)17-11-16-19/h11,14,16-17,22,24H,1-10,12-13,15,18H2. The summed E-state index contributed by atoms with van der Waals surface area (Å²) in [5.74, 6) is 1.53. The normalized spacial score (nSPS) is 24.0. The Balaban J connectivity index is 1.53. The molecule has 2 aliphatic rings. The van der Waals surface area contributed by atoms with E-state index in [4.69, 9.17) is 0 Å². The van der Waals surface area contributed by atoms with E-state index in [-0.39, 0.29) is 0 Å². The van der Waals surface area contributed by atoms with Crippen LogP contribution < -0.4 is 0 Å². The van der Waals surface area contributed by atoms with Gasteiger partial charge in [-0.2, -0.15) is 0 Å². The summed E-state index contributed by atoms with van der Waals surface area (Å²) in [7, 11) is 0. The maximum atomic E-state index is 10.5. The van der Waals surface area contributed by atoms with Gasteiger partial charge in [0.1, 0.15) is 5.75 Å². The molecule has 1 N–H and O–H groups in total. The summed E-state index contributed by atoms with van der Waals surface area (Å²) >= 11 is 0. The van der Waals surface area contributed by atoms with Gasteiger partial charge < -0.3 is 5.11 Å². The lowest BCUT2D eigenvalue weighted by Gasteiger charge is -2.10. The molecule has 1 nitrogen and oxygen atoms in total. The van der Waals surface area contributed by atoms with Crippen LogP contribution in [0.4, 0.5) is 0 Å². The molecule has 0 heterocycles. The number of hydrogen-bond donors (Lipinski definition) is 1. The van der Waals surface area contributed by atoms with Crippen molar-refractivity contribution in [1.82, 2.24) is 0 Å². The van der Waals surface area contributed by atoms with Crippen LogP contribution in [0.5, 0.6) is 5.75 Å². The second kappa shape index (κ2) is 9.30. The Morgan fingerprint density at radius 2 is 1.38 bits per heavy atom. The number of para-hydroxylation sites is 1. The number of benzene rings is 1. The van der Waals surface area contributed by atoms with Gasteiger partial charge in [0.2, 0.25) is 0 Å². The lowest BCUT2D eigenvalue weighted by molar-refractivity contribution is 0.457. The van der Waals surface area contributed by atoms with E-state index < -0.39 is 0 Å². The lowest BCUT2D eigenvalue weighted by atomic mass is 9.98. The Morgan fingerprint density at radius 3 is 2.12 bits per heavy atom. The highest BCUT2D eigenvalue weighted by molar-refractivity contribution is 5.40. The van der Waals surface area contributed by atoms with E-state index in [0.717, 1.165) is 29.9 Å². The summed E-state index contributed by atoms with van der Waals surface area (Å²) in [5.41, 5.74) is 4.08. The second-order valence-electron chi connectivity index (χ2n) is 7.86. The van der Waals surface area contributed by atoms with Crippen molar-refractivity contribution in [2.24, 2.45) is 5.92 Å². The number of aromatic hydroxyl groups is 1. The predicted molar refractivity (Wildman–Crippen MR) is 102 cm³/mol. The molecule has 2 bridgehead atoms. The number of rotatable bonds is 0. The molecular weight excluding hydrogens is 292 g/mol. The highest BCUT2D eigenvalue weighted by Crippen LogP contribution is 2.42. The van der Waals surface area contributed by atoms with Crippen LogP contribution in [0.1, 0.15) is 88.2 Å². The van der Waals surface area contributed by atoms with Crippen molar-refractivity contribution in [1.29, 1.82) is 0 Å². The van der Waals surface area contributed by atoms with E-state index in [0.29, 0.717) is 5.75 Å². The highest BCUT2D eigenvalue weighted by atomic mass is 16.3. The molecule has 1 aromatic rings. The van der Waals surface area contributed by atoms with E-state index in [2.05, 4.69) is 24.3 Å². The molecule has 1 unspecified atom stereocenters. The molecule has 1 heteroatoms. The van der Waals surface area contributed by atoms with Gasteiger partial charge in [-0.15, -0.1) is 0 Å². The Labute approximate surface area is 148 Å². The summed E-state index contributed by atoms with van der Waals surface area (Å²) in [6, 6.07) is 6.35. The number of allylic oxidation sites excluding steroid dienone is 2. The third-order valence-electron chi connectivity index (χ3n) is 5.85. The fraction of sp³-hybridized carbons (Fsp3) is 0.652. The molecule has 0 spiro atoms. The van der Waals surface area contributed by atoms with Gasteiger partial charge in [0, 0.05) is 0 Å². The molecule has 0 radical (unpaired) electrons. The Hall–Kier alpha value is -1.24. The lowest BCUT2D eigenvalue weighted by Crippen LogP contribution is -1.93. The van der Waals surface area contributed by atoms with E-state index in [1.54, 1.807) is 5.57 Å². The van der Waals surface area contributed by atoms with Crippen LogP contribution in [0.3, 0.4) is 0 Å². The van der Waals surface area contributed by atoms with Gasteiger partial charge in [-0.25, -0.2) is 0 Å². The summed E-state index contributed by atoms with van der Waals surface area (Å²) in [6.07, 6.45) is 20.5. The third-order valence-corrected chi connectivity index (χ3v) is 5.85. The fourth-order valence-corrected chi connectivity index (χ4v) is 4.15. The molecule has 1 aromatic carbocycles. The highest BCUT2D eigenvalue weighted by Gasteiger charge is 2.27. The summed E-state index contributed by atoms with van der Waals surface area (Å²) in [4.78, 5) is 0. The van der Waals surface area contributed by atoms with Crippen LogP contribution in [0.15, 0.2) is 29.8 Å². The van der Waals surface area contributed by atoms with E-state index in [9.17, 15) is 5.11 Å². The summed E-state index contributed by atoms with van der Waals surface area (Å²) in [5, 5.41) is 10.5. The van der Waals surface area contributed by atoms with E-state index >= 15 is 0 Å². The molecular formula is C23H34O. The molecule has 0 saturated heterocycles. The molecule has 1 fully saturated rings. The van der Waals surface area contributed by atoms with Crippen LogP contribution in [0, 0.1) is 5.92 Å². The molecule has 2 aliphatic carbocycles. The van der Waals surface area contributed by atoms with Gasteiger partial charge in [0.25, 0.3) is 0 Å². The smallest absolute Gasteiger partial charge is 0.121 e. The SMILES string of the molecule is Oc1c2cccc1CCCCCCCC1CC1=CCCCCCC2. The van der Waals surface area contributed by atoms with Crippen molar-refractivity contribution in [2.45, 2.75) is 89.9 Å². The molecule has 1 saturated carbocycles. The second-order valence-corrected chi connectivity index (χ2v) is 7.86. The first-order valence-corrected chi connectivity index (χ1v) is 10.3. The van der Waals surface area contributed by atoms with Crippen LogP contribution in [-0.4, -0.2) is 5.11 Å². The van der Waals surface area contributed by atoms with Crippen LogP contribution in [0.25, 0.3) is 0 Å². The molecule has 1 atom stereocenters. The summed E-state index contributed by atoms with van der Waals surface area (Å²) < 4.78 is 0. The number of aryl methyl sites for hydroxylation is 2. The first-order valence-electron chi connectivity index (χ1n) is 10.3. The molecule has 132 valence electrons. The van der Waals surface area contributed by atoms with Crippen LogP contribution in [0.2, 0.25) is 0 Å². The van der Waals surface area contributed by atoms with Crippen molar-refractivity contribution in [3.05, 3.63) is 41.0 Å². The predicted octanol–water partition coefficient (Wildman–Crippen LogP) is 6.73. The van der Waals surface area contributed by atoms with Gasteiger partial charge in [-0.3, -0.25) is 0 Å². The van der Waals surface area contributed by atoms with Crippen molar-refractivity contribution in [3.63, 3.8) is 0 Å². The Kier molecular flexibility index (Phi) is 6.81. The van der Waals surface area contributed by atoms with Gasteiger partial charge in [0.05, 0.1) is 0 Å². The Bertz CT molecular complexity index is 543. The molecule has 0 aliphatic heterocycles. The minimum atomic E-state index is 0.584. The van der Waals surface area contributed by atoms with Crippen molar-refractivity contribution in [2.75, 3.05) is 0 Å². The maximum absolute atomic E-state index is 10.5. The first kappa shape index (κ1) is 17.6. The average Bonchev–Trinajstić information content (AvgIpc) is 3.33. The topological polar surface area (TPSA) is 20.2 Å². The third kappa shape index (κ3) is 5.40. The zero-order valence-electron chi connectivity index (χ0n) is 15.2. The van der Waals surface area contributed by atoms with Gasteiger partial charge in [0.15, 0.2) is 0 Å². The minimum absolute atomic E-state index is 0.584. The zero-order valence-corrected chi connectivity index (χ0v) is 15.2. The van der Waals surface area contributed by atoms with Gasteiger partial charge >= 0.3 is 0 Å². The number of phenolic OH excluding ortho intramolecular Hbond substituents is 1. The molecule has 0 amide bonds. The minimum Gasteiger partial charge on any atom is -0.507 e. The van der Waals surface area contributed by atoms with Crippen molar-refractivity contribution in [3.8, 4) is 5.75 Å². The number of hydrogen-bond acceptors (Lipinski definition) is 1. The molecule has 24 heavy (non-hydrogen) atoms.